The van der Waals surface area contributed by atoms with Crippen LogP contribution in [0, 0.1) is 0 Å². The van der Waals surface area contributed by atoms with Gasteiger partial charge in [0.05, 0.1) is 6.54 Å². The molecule has 8 heteroatoms. The van der Waals surface area contributed by atoms with E-state index in [0.717, 1.165) is 30.1 Å². The predicted molar refractivity (Wildman–Crippen MR) is 108 cm³/mol. The Labute approximate surface area is 163 Å². The minimum Gasteiger partial charge on any atom is -0.357 e. The minimum absolute atomic E-state index is 0.0310. The number of nitrogens with zero attached hydrogens (tertiary/aromatic N) is 5. The summed E-state index contributed by atoms with van der Waals surface area (Å²) in [6.07, 6.45) is 2.81. The second-order valence-corrected chi connectivity index (χ2v) is 6.52. The Hall–Kier alpha value is -3.42. The number of benzene rings is 1. The zero-order valence-electron chi connectivity index (χ0n) is 15.8. The van der Waals surface area contributed by atoms with E-state index >= 15 is 0 Å². The zero-order chi connectivity index (χ0) is 19.3. The number of rotatable bonds is 5. The molecule has 0 saturated heterocycles. The van der Waals surface area contributed by atoms with Gasteiger partial charge in [-0.1, -0.05) is 24.3 Å². The van der Waals surface area contributed by atoms with Crippen molar-refractivity contribution in [1.82, 2.24) is 25.2 Å². The molecule has 2 aromatic heterocycles. The quantitative estimate of drug-likeness (QED) is 0.518. The molecule has 0 radical (unpaired) electrons. The number of aliphatic imine (C=N–C) groups is 1. The number of hydrogen-bond donors (Lipinski definition) is 2. The first-order valence-corrected chi connectivity index (χ1v) is 9.45. The maximum atomic E-state index is 12.7. The summed E-state index contributed by atoms with van der Waals surface area (Å²) in [6, 6.07) is 13.8. The van der Waals surface area contributed by atoms with Crippen LogP contribution in [0.2, 0.25) is 0 Å². The Bertz CT molecular complexity index is 1010. The topological polar surface area (TPSA) is 86.9 Å². The van der Waals surface area contributed by atoms with Gasteiger partial charge in [0.2, 0.25) is 5.91 Å². The van der Waals surface area contributed by atoms with Gasteiger partial charge in [-0.15, -0.1) is 10.2 Å². The van der Waals surface area contributed by atoms with Crippen LogP contribution < -0.4 is 15.5 Å². The van der Waals surface area contributed by atoms with Crippen LogP contribution in [0.5, 0.6) is 0 Å². The van der Waals surface area contributed by atoms with E-state index in [4.69, 9.17) is 0 Å². The lowest BCUT2D eigenvalue weighted by molar-refractivity contribution is -0.117. The first-order valence-electron chi connectivity index (χ1n) is 9.45. The molecule has 0 fully saturated rings. The van der Waals surface area contributed by atoms with Gasteiger partial charge in [0.1, 0.15) is 6.54 Å². The number of para-hydroxylation sites is 1. The number of fused-ring (bicyclic) bond motifs is 2. The number of guanidine groups is 1. The Balaban J connectivity index is 1.41. The number of aromatic nitrogens is 3. The predicted octanol–water partition coefficient (Wildman–Crippen LogP) is 1.37. The number of amides is 1. The summed E-state index contributed by atoms with van der Waals surface area (Å²) >= 11 is 0. The highest BCUT2D eigenvalue weighted by Gasteiger charge is 2.23. The van der Waals surface area contributed by atoms with Crippen LogP contribution in [0.15, 0.2) is 53.7 Å². The number of hydrogen-bond acceptors (Lipinski definition) is 4. The third-order valence-electron chi connectivity index (χ3n) is 4.70. The molecule has 0 saturated carbocycles. The van der Waals surface area contributed by atoms with Gasteiger partial charge < -0.3 is 15.5 Å². The molecule has 8 nitrogen and oxygen atoms in total. The molecule has 0 unspecified atom stereocenters. The van der Waals surface area contributed by atoms with E-state index in [0.29, 0.717) is 19.0 Å². The molecule has 144 valence electrons. The first kappa shape index (κ1) is 18.0. The molecule has 1 aliphatic rings. The highest BCUT2D eigenvalue weighted by molar-refractivity contribution is 5.98. The molecule has 1 aromatic carbocycles. The van der Waals surface area contributed by atoms with Gasteiger partial charge >= 0.3 is 0 Å². The average Bonchev–Trinajstić information content (AvgIpc) is 3.34. The smallest absolute Gasteiger partial charge is 0.246 e. The number of carbonyl (C=O) groups is 1. The standard InChI is InChI=1S/C20H23N7O/c1-2-21-20(22-13-18-25-24-17-9-5-6-11-27(17)18)23-14-19(28)26-12-10-15-7-3-4-8-16(15)26/h3-9,11H,2,10,12-14H2,1H3,(H2,21,22,23). The first-order chi connectivity index (χ1) is 13.8. The average molecular weight is 377 g/mol. The van der Waals surface area contributed by atoms with Gasteiger partial charge in [-0.25, -0.2) is 4.99 Å². The largest absolute Gasteiger partial charge is 0.357 e. The maximum absolute atomic E-state index is 12.7. The lowest BCUT2D eigenvalue weighted by Crippen LogP contribution is -2.44. The maximum Gasteiger partial charge on any atom is 0.246 e. The molecule has 0 spiro atoms. The summed E-state index contributed by atoms with van der Waals surface area (Å²) in [5, 5.41) is 14.6. The fourth-order valence-corrected chi connectivity index (χ4v) is 3.34. The Morgan fingerprint density at radius 2 is 2.00 bits per heavy atom. The van der Waals surface area contributed by atoms with Crippen molar-refractivity contribution >= 4 is 23.2 Å². The third kappa shape index (κ3) is 3.66. The molecule has 0 bridgehead atoms. The summed E-state index contributed by atoms with van der Waals surface area (Å²) in [4.78, 5) is 19.1. The Morgan fingerprint density at radius 3 is 2.89 bits per heavy atom. The second-order valence-electron chi connectivity index (χ2n) is 6.52. The third-order valence-corrected chi connectivity index (χ3v) is 4.70. The Kier molecular flexibility index (Phi) is 5.18. The van der Waals surface area contributed by atoms with Crippen molar-refractivity contribution in [3.05, 3.63) is 60.0 Å². The van der Waals surface area contributed by atoms with Crippen LogP contribution in [0.1, 0.15) is 18.3 Å². The van der Waals surface area contributed by atoms with Crippen LogP contribution in [0.25, 0.3) is 5.65 Å². The number of nitrogens with one attached hydrogen (secondary N) is 2. The van der Waals surface area contributed by atoms with Crippen LogP contribution in [0.4, 0.5) is 5.69 Å². The summed E-state index contributed by atoms with van der Waals surface area (Å²) in [6.45, 7) is 3.95. The number of pyridine rings is 1. The molecule has 3 aromatic rings. The Morgan fingerprint density at radius 1 is 1.14 bits per heavy atom. The minimum atomic E-state index is 0.0310. The van der Waals surface area contributed by atoms with Crippen molar-refractivity contribution in [1.29, 1.82) is 0 Å². The van der Waals surface area contributed by atoms with Crippen molar-refractivity contribution in [3.8, 4) is 0 Å². The number of carbonyl (C=O) groups excluding carboxylic acids is 1. The summed E-state index contributed by atoms with van der Waals surface area (Å²) < 4.78 is 1.90. The van der Waals surface area contributed by atoms with Gasteiger partial charge in [0.15, 0.2) is 17.4 Å². The normalized spacial score (nSPS) is 13.6. The lowest BCUT2D eigenvalue weighted by atomic mass is 10.2. The molecular weight excluding hydrogens is 354 g/mol. The van der Waals surface area contributed by atoms with Gasteiger partial charge in [0, 0.05) is 25.0 Å². The van der Waals surface area contributed by atoms with Crippen molar-refractivity contribution in [2.45, 2.75) is 19.9 Å². The van der Waals surface area contributed by atoms with Crippen LogP contribution >= 0.6 is 0 Å². The molecule has 28 heavy (non-hydrogen) atoms. The van der Waals surface area contributed by atoms with E-state index in [-0.39, 0.29) is 12.5 Å². The molecule has 2 N–H and O–H groups in total. The van der Waals surface area contributed by atoms with Crippen LogP contribution in [-0.2, 0) is 17.8 Å². The lowest BCUT2D eigenvalue weighted by Gasteiger charge is -2.18. The van der Waals surface area contributed by atoms with E-state index in [1.54, 1.807) is 0 Å². The van der Waals surface area contributed by atoms with Gasteiger partial charge in [-0.2, -0.15) is 0 Å². The highest BCUT2D eigenvalue weighted by Crippen LogP contribution is 2.27. The van der Waals surface area contributed by atoms with E-state index < -0.39 is 0 Å². The van der Waals surface area contributed by atoms with Gasteiger partial charge in [0.25, 0.3) is 0 Å². The van der Waals surface area contributed by atoms with E-state index in [1.165, 1.54) is 5.56 Å². The van der Waals surface area contributed by atoms with Crippen molar-refractivity contribution < 1.29 is 4.79 Å². The number of anilines is 1. The van der Waals surface area contributed by atoms with Crippen LogP contribution in [-0.4, -0.2) is 46.1 Å². The van der Waals surface area contributed by atoms with E-state index in [1.807, 2.05) is 58.8 Å². The fraction of sp³-hybridized carbons (Fsp3) is 0.300. The van der Waals surface area contributed by atoms with Crippen molar-refractivity contribution in [2.24, 2.45) is 4.99 Å². The van der Waals surface area contributed by atoms with E-state index in [2.05, 4.69) is 31.9 Å². The monoisotopic (exact) mass is 377 g/mol. The van der Waals surface area contributed by atoms with Crippen molar-refractivity contribution in [3.63, 3.8) is 0 Å². The van der Waals surface area contributed by atoms with E-state index in [9.17, 15) is 4.79 Å². The summed E-state index contributed by atoms with van der Waals surface area (Å²) in [5.74, 6) is 1.35. The molecule has 3 heterocycles. The molecule has 1 aliphatic heterocycles. The summed E-state index contributed by atoms with van der Waals surface area (Å²) in [7, 11) is 0. The molecule has 4 rings (SSSR count). The molecular formula is C20H23N7O. The fourth-order valence-electron chi connectivity index (χ4n) is 3.34. The van der Waals surface area contributed by atoms with Crippen molar-refractivity contribution in [2.75, 3.05) is 24.5 Å². The second kappa shape index (κ2) is 8.08. The van der Waals surface area contributed by atoms with Gasteiger partial charge in [-0.3, -0.25) is 9.20 Å². The molecule has 0 atom stereocenters. The SMILES string of the molecule is CCNC(=NCc1nnc2ccccn12)NCC(=O)N1CCc2ccccc21. The van der Waals surface area contributed by atoms with Crippen LogP contribution in [0.3, 0.4) is 0 Å². The molecule has 0 aliphatic carbocycles. The zero-order valence-corrected chi connectivity index (χ0v) is 15.8. The molecule has 1 amide bonds. The summed E-state index contributed by atoms with van der Waals surface area (Å²) in [5.41, 5.74) is 3.01. The highest BCUT2D eigenvalue weighted by atomic mass is 16.2. The van der Waals surface area contributed by atoms with Gasteiger partial charge in [-0.05, 0) is 37.1 Å².